The fourth-order valence-electron chi connectivity index (χ4n) is 2.05. The van der Waals surface area contributed by atoms with Gasteiger partial charge in [0, 0.05) is 26.2 Å². The highest BCUT2D eigenvalue weighted by Crippen LogP contribution is 2.05. The topological polar surface area (TPSA) is 124 Å². The van der Waals surface area contributed by atoms with Gasteiger partial charge in [-0.1, -0.05) is 0 Å². The van der Waals surface area contributed by atoms with Gasteiger partial charge in [-0.15, -0.1) is 0 Å². The number of rotatable bonds is 5. The summed E-state index contributed by atoms with van der Waals surface area (Å²) < 4.78 is 0. The van der Waals surface area contributed by atoms with E-state index >= 15 is 0 Å². The van der Waals surface area contributed by atoms with Gasteiger partial charge < -0.3 is 20.8 Å². The van der Waals surface area contributed by atoms with Crippen LogP contribution in [0.3, 0.4) is 0 Å². The summed E-state index contributed by atoms with van der Waals surface area (Å²) in [5.74, 6) is -2.40. The van der Waals surface area contributed by atoms with E-state index in [0.29, 0.717) is 32.6 Å². The van der Waals surface area contributed by atoms with Crippen molar-refractivity contribution in [2.24, 2.45) is 5.73 Å². The molecule has 108 valence electrons. The van der Waals surface area contributed by atoms with Crippen LogP contribution in [-0.2, 0) is 14.4 Å². The van der Waals surface area contributed by atoms with E-state index in [-0.39, 0.29) is 12.5 Å². The summed E-state index contributed by atoms with van der Waals surface area (Å²) in [4.78, 5) is 36.3. The molecule has 1 amide bonds. The van der Waals surface area contributed by atoms with Gasteiger partial charge in [0.1, 0.15) is 0 Å². The molecule has 0 aromatic heterocycles. The molecule has 1 fully saturated rings. The zero-order chi connectivity index (χ0) is 14.4. The minimum atomic E-state index is -1.11. The molecule has 0 saturated carbocycles. The molecule has 1 unspecified atom stereocenters. The van der Waals surface area contributed by atoms with E-state index in [2.05, 4.69) is 0 Å². The average Bonchev–Trinajstić information content (AvgIpc) is 2.52. The first-order valence-electron chi connectivity index (χ1n) is 6.10. The van der Waals surface area contributed by atoms with Gasteiger partial charge in [0.25, 0.3) is 0 Å². The van der Waals surface area contributed by atoms with E-state index < -0.39 is 24.4 Å². The molecular weight excluding hydrogens is 254 g/mol. The van der Waals surface area contributed by atoms with Crippen molar-refractivity contribution in [1.29, 1.82) is 0 Å². The van der Waals surface area contributed by atoms with Gasteiger partial charge in [0.2, 0.25) is 5.91 Å². The summed E-state index contributed by atoms with van der Waals surface area (Å²) in [6.45, 7) is 1.85. The number of aliphatic carboxylic acids is 2. The molecule has 0 spiro atoms. The third-order valence-corrected chi connectivity index (χ3v) is 2.97. The van der Waals surface area contributed by atoms with Crippen LogP contribution < -0.4 is 5.73 Å². The van der Waals surface area contributed by atoms with Crippen molar-refractivity contribution in [1.82, 2.24) is 9.80 Å². The number of hydrogen-bond acceptors (Lipinski definition) is 5. The zero-order valence-corrected chi connectivity index (χ0v) is 10.6. The second kappa shape index (κ2) is 7.05. The number of carboxylic acid groups (broad SMARTS) is 2. The summed E-state index contributed by atoms with van der Waals surface area (Å²) in [7, 11) is 0. The first kappa shape index (κ1) is 15.4. The molecule has 8 nitrogen and oxygen atoms in total. The lowest BCUT2D eigenvalue weighted by atomic mass is 10.2. The van der Waals surface area contributed by atoms with Gasteiger partial charge in [0.15, 0.2) is 0 Å². The maximum Gasteiger partial charge on any atom is 0.317 e. The van der Waals surface area contributed by atoms with Crippen LogP contribution in [0.2, 0.25) is 0 Å². The normalized spacial score (nSPS) is 18.7. The lowest BCUT2D eigenvalue weighted by Crippen LogP contribution is -2.46. The fourth-order valence-corrected chi connectivity index (χ4v) is 2.05. The van der Waals surface area contributed by atoms with Crippen LogP contribution in [0.5, 0.6) is 0 Å². The molecule has 1 rings (SSSR count). The fraction of sp³-hybridized carbons (Fsp3) is 0.727. The summed E-state index contributed by atoms with van der Waals surface area (Å²) >= 11 is 0. The Hall–Kier alpha value is -1.67. The first-order valence-corrected chi connectivity index (χ1v) is 6.10. The Labute approximate surface area is 110 Å². The Morgan fingerprint density at radius 1 is 1.05 bits per heavy atom. The molecule has 0 bridgehead atoms. The van der Waals surface area contributed by atoms with Crippen molar-refractivity contribution in [3.63, 3.8) is 0 Å². The highest BCUT2D eigenvalue weighted by molar-refractivity contribution is 5.86. The van der Waals surface area contributed by atoms with Gasteiger partial charge in [-0.3, -0.25) is 19.3 Å². The predicted octanol–water partition coefficient (Wildman–Crippen LogP) is -1.59. The van der Waals surface area contributed by atoms with Gasteiger partial charge in [-0.05, 0) is 6.42 Å². The van der Waals surface area contributed by atoms with Crippen molar-refractivity contribution in [3.05, 3.63) is 0 Å². The number of hydrogen-bond donors (Lipinski definition) is 3. The molecule has 4 N–H and O–H groups in total. The SMILES string of the molecule is NC(CC(=O)O)C(=O)N1CCCN(CC(=O)O)CC1. The molecule has 1 saturated heterocycles. The van der Waals surface area contributed by atoms with Crippen molar-refractivity contribution in [2.45, 2.75) is 18.9 Å². The summed E-state index contributed by atoms with van der Waals surface area (Å²) in [5, 5.41) is 17.3. The minimum Gasteiger partial charge on any atom is -0.481 e. The lowest BCUT2D eigenvalue weighted by Gasteiger charge is -2.23. The van der Waals surface area contributed by atoms with E-state index in [1.807, 2.05) is 0 Å². The Kier molecular flexibility index (Phi) is 5.71. The second-order valence-corrected chi connectivity index (χ2v) is 4.55. The van der Waals surface area contributed by atoms with E-state index in [0.717, 1.165) is 0 Å². The van der Waals surface area contributed by atoms with E-state index in [4.69, 9.17) is 15.9 Å². The molecule has 1 aliphatic heterocycles. The van der Waals surface area contributed by atoms with Gasteiger partial charge in [0.05, 0.1) is 19.0 Å². The molecule has 0 aliphatic carbocycles. The third-order valence-electron chi connectivity index (χ3n) is 2.97. The predicted molar refractivity (Wildman–Crippen MR) is 65.5 cm³/mol. The summed E-state index contributed by atoms with van der Waals surface area (Å²) in [6.07, 6.45) is 0.257. The summed E-state index contributed by atoms with van der Waals surface area (Å²) in [5.41, 5.74) is 5.54. The van der Waals surface area contributed by atoms with E-state index in [9.17, 15) is 14.4 Å². The Balaban J connectivity index is 2.49. The Morgan fingerprint density at radius 2 is 1.74 bits per heavy atom. The van der Waals surface area contributed by atoms with Crippen molar-refractivity contribution in [2.75, 3.05) is 32.7 Å². The molecule has 1 atom stereocenters. The van der Waals surface area contributed by atoms with Crippen molar-refractivity contribution in [3.8, 4) is 0 Å². The smallest absolute Gasteiger partial charge is 0.317 e. The lowest BCUT2D eigenvalue weighted by molar-refractivity contribution is -0.142. The van der Waals surface area contributed by atoms with E-state index in [1.54, 1.807) is 4.90 Å². The molecular formula is C11H19N3O5. The second-order valence-electron chi connectivity index (χ2n) is 4.55. The minimum absolute atomic E-state index is 0.0524. The number of carboxylic acids is 2. The standard InChI is InChI=1S/C11H19N3O5/c12-8(6-9(15)16)11(19)14-3-1-2-13(4-5-14)7-10(17)18/h8H,1-7,12H2,(H,15,16)(H,17,18). The van der Waals surface area contributed by atoms with Gasteiger partial charge >= 0.3 is 11.9 Å². The van der Waals surface area contributed by atoms with Crippen LogP contribution >= 0.6 is 0 Å². The Bertz CT molecular complexity index is 360. The van der Waals surface area contributed by atoms with Crippen LogP contribution in [0.25, 0.3) is 0 Å². The number of amides is 1. The molecule has 19 heavy (non-hydrogen) atoms. The highest BCUT2D eigenvalue weighted by Gasteiger charge is 2.25. The number of carbonyl (C=O) groups excluding carboxylic acids is 1. The van der Waals surface area contributed by atoms with Crippen LogP contribution in [0.4, 0.5) is 0 Å². The van der Waals surface area contributed by atoms with Crippen LogP contribution in [0.1, 0.15) is 12.8 Å². The maximum absolute atomic E-state index is 11.9. The zero-order valence-electron chi connectivity index (χ0n) is 10.6. The first-order chi connectivity index (χ1) is 8.90. The number of carbonyl (C=O) groups is 3. The largest absolute Gasteiger partial charge is 0.481 e. The van der Waals surface area contributed by atoms with Crippen LogP contribution in [-0.4, -0.2) is 76.6 Å². The molecule has 0 radical (unpaired) electrons. The maximum atomic E-state index is 11.9. The summed E-state index contributed by atoms with van der Waals surface area (Å²) in [6, 6.07) is -1.04. The quantitative estimate of drug-likeness (QED) is 0.551. The van der Waals surface area contributed by atoms with Crippen LogP contribution in [0.15, 0.2) is 0 Å². The Morgan fingerprint density at radius 3 is 2.32 bits per heavy atom. The van der Waals surface area contributed by atoms with Crippen molar-refractivity contribution < 1.29 is 24.6 Å². The average molecular weight is 273 g/mol. The monoisotopic (exact) mass is 273 g/mol. The highest BCUT2D eigenvalue weighted by atomic mass is 16.4. The number of nitrogens with zero attached hydrogens (tertiary/aromatic N) is 2. The van der Waals surface area contributed by atoms with Gasteiger partial charge in [-0.2, -0.15) is 0 Å². The molecule has 0 aromatic carbocycles. The third kappa shape index (κ3) is 5.23. The van der Waals surface area contributed by atoms with Crippen molar-refractivity contribution >= 4 is 17.8 Å². The van der Waals surface area contributed by atoms with Gasteiger partial charge in [-0.25, -0.2) is 0 Å². The van der Waals surface area contributed by atoms with E-state index in [1.165, 1.54) is 4.90 Å². The molecule has 0 aromatic rings. The molecule has 1 aliphatic rings. The van der Waals surface area contributed by atoms with Crippen LogP contribution in [0, 0.1) is 0 Å². The molecule has 1 heterocycles. The molecule has 8 heteroatoms. The number of nitrogens with two attached hydrogens (primary N) is 1.